The molecule has 2 N–H and O–H groups in total. The maximum Gasteiger partial charge on any atom is 0.410 e. The van der Waals surface area contributed by atoms with E-state index in [4.69, 9.17) is 28.2 Å². The first-order chi connectivity index (χ1) is 25.6. The van der Waals surface area contributed by atoms with Crippen LogP contribution < -0.4 is 14.8 Å². The van der Waals surface area contributed by atoms with Crippen LogP contribution >= 0.6 is 11.3 Å². The summed E-state index contributed by atoms with van der Waals surface area (Å²) in [7, 11) is 3.24. The van der Waals surface area contributed by atoms with Crippen LogP contribution in [0.25, 0.3) is 10.4 Å². The number of aliphatic hydroxyl groups excluding tert-OH is 1. The van der Waals surface area contributed by atoms with Gasteiger partial charge < -0.3 is 48.4 Å². The number of likely N-dealkylation sites (N-methyl/N-ethyl adjacent to an activating group) is 1. The Hall–Kier alpha value is -4.25. The molecule has 1 aliphatic heterocycles. The largest absolute Gasteiger partial charge is 0.496 e. The molecule has 2 unspecified atom stereocenters. The lowest BCUT2D eigenvalue weighted by Gasteiger charge is -2.29. The minimum absolute atomic E-state index is 0.0136. The van der Waals surface area contributed by atoms with Gasteiger partial charge in [-0.1, -0.05) is 26.0 Å². The number of carbonyl (C=O) groups excluding carboxylic acids is 3. The first-order valence-electron chi connectivity index (χ1n) is 18.2. The summed E-state index contributed by atoms with van der Waals surface area (Å²) >= 11 is 1.55. The molecule has 2 aromatic heterocycles. The lowest BCUT2D eigenvalue weighted by atomic mass is 9.91. The number of aliphatic hydroxyl groups is 1. The molecular formula is C38H55N5O10S. The van der Waals surface area contributed by atoms with E-state index in [-0.39, 0.29) is 49.8 Å². The number of rotatable bonds is 18. The van der Waals surface area contributed by atoms with Gasteiger partial charge in [-0.05, 0) is 57.3 Å². The SMILES string of the molecule is COc1cc(-c2scnc2C)ccc1C(C)NC(=O)[C@@H]1C[C@@H](O)CN1C(=O)C(c1cc(OCCOCCOCCN(C)C(=O)OC(C)(C)C)no1)C(C)C. The summed E-state index contributed by atoms with van der Waals surface area (Å²) < 4.78 is 33.4. The second-order valence-corrected chi connectivity index (χ2v) is 15.5. The van der Waals surface area contributed by atoms with E-state index in [1.54, 1.807) is 37.1 Å². The maximum atomic E-state index is 14.0. The number of amides is 3. The average Bonchev–Trinajstić information content (AvgIpc) is 3.86. The van der Waals surface area contributed by atoms with Crippen molar-refractivity contribution in [2.45, 2.75) is 84.6 Å². The third kappa shape index (κ3) is 11.6. The van der Waals surface area contributed by atoms with Crippen molar-refractivity contribution in [3.05, 3.63) is 46.8 Å². The fraction of sp³-hybridized carbons (Fsp3) is 0.605. The molecular weight excluding hydrogens is 719 g/mol. The van der Waals surface area contributed by atoms with Crippen molar-refractivity contribution in [2.24, 2.45) is 5.92 Å². The summed E-state index contributed by atoms with van der Waals surface area (Å²) in [6.07, 6.45) is -1.16. The molecule has 298 valence electrons. The quantitative estimate of drug-likeness (QED) is 0.166. The third-order valence-electron chi connectivity index (χ3n) is 8.80. The van der Waals surface area contributed by atoms with E-state index in [0.29, 0.717) is 37.9 Å². The van der Waals surface area contributed by atoms with Crippen molar-refractivity contribution in [3.8, 4) is 22.1 Å². The van der Waals surface area contributed by atoms with Crippen LogP contribution in [0.15, 0.2) is 34.3 Å². The van der Waals surface area contributed by atoms with Crippen molar-refractivity contribution in [1.29, 1.82) is 0 Å². The molecule has 54 heavy (non-hydrogen) atoms. The van der Waals surface area contributed by atoms with E-state index in [2.05, 4.69) is 15.5 Å². The van der Waals surface area contributed by atoms with Crippen LogP contribution in [0.3, 0.4) is 0 Å². The molecule has 16 heteroatoms. The topological polar surface area (TPSA) is 175 Å². The number of ether oxygens (including phenoxy) is 5. The molecule has 0 aliphatic carbocycles. The van der Waals surface area contributed by atoms with E-state index in [1.807, 2.05) is 66.7 Å². The van der Waals surface area contributed by atoms with Crippen molar-refractivity contribution in [3.63, 3.8) is 0 Å². The molecule has 4 rings (SSSR count). The Morgan fingerprint density at radius 3 is 2.44 bits per heavy atom. The monoisotopic (exact) mass is 773 g/mol. The Labute approximate surface area is 321 Å². The van der Waals surface area contributed by atoms with Gasteiger partial charge in [-0.25, -0.2) is 9.78 Å². The van der Waals surface area contributed by atoms with E-state index in [0.717, 1.165) is 21.7 Å². The number of thiazole rings is 1. The number of nitrogens with zero attached hydrogens (tertiary/aromatic N) is 4. The highest BCUT2D eigenvalue weighted by molar-refractivity contribution is 7.13. The second-order valence-electron chi connectivity index (χ2n) is 14.6. The minimum Gasteiger partial charge on any atom is -0.496 e. The Balaban J connectivity index is 1.26. The van der Waals surface area contributed by atoms with Gasteiger partial charge in [-0.3, -0.25) is 9.59 Å². The zero-order valence-corrected chi connectivity index (χ0v) is 33.6. The van der Waals surface area contributed by atoms with Gasteiger partial charge in [-0.2, -0.15) is 0 Å². The lowest BCUT2D eigenvalue weighted by Crippen LogP contribution is -2.48. The lowest BCUT2D eigenvalue weighted by molar-refractivity contribution is -0.141. The molecule has 1 saturated heterocycles. The van der Waals surface area contributed by atoms with Crippen LogP contribution in [0, 0.1) is 12.8 Å². The number of aryl methyl sites for hydroxylation is 1. The molecule has 1 aliphatic rings. The summed E-state index contributed by atoms with van der Waals surface area (Å²) in [5.74, 6) is -0.587. The molecule has 1 aromatic carbocycles. The van der Waals surface area contributed by atoms with Gasteiger partial charge in [0.2, 0.25) is 11.8 Å². The molecule has 0 saturated carbocycles. The van der Waals surface area contributed by atoms with Gasteiger partial charge >= 0.3 is 6.09 Å². The standard InChI is InChI=1S/C38H55N5O10S/c1-23(2)33(31-20-32(41-53-31)51-17-16-50-15-14-49-13-12-42(8)37(47)52-38(5,6)7)36(46)43-21-27(44)19-29(43)35(45)40-24(3)28-11-10-26(18-30(28)48-9)34-25(4)39-22-54-34/h10-11,18,20,22-24,27,29,33,44H,12-17,19,21H2,1-9H3,(H,40,45)/t24?,27-,29+,33?/m1/s1. The number of benzene rings is 1. The smallest absolute Gasteiger partial charge is 0.410 e. The summed E-state index contributed by atoms with van der Waals surface area (Å²) in [6.45, 7) is 14.9. The predicted molar refractivity (Wildman–Crippen MR) is 202 cm³/mol. The molecule has 3 heterocycles. The van der Waals surface area contributed by atoms with Crippen LogP contribution in [0.2, 0.25) is 0 Å². The Morgan fingerprint density at radius 1 is 1.09 bits per heavy atom. The number of likely N-dealkylation sites (tertiary alicyclic amines) is 1. The van der Waals surface area contributed by atoms with E-state index in [1.165, 1.54) is 9.80 Å². The number of methoxy groups -OCH3 is 1. The number of hydrogen-bond donors (Lipinski definition) is 2. The van der Waals surface area contributed by atoms with Crippen LogP contribution in [0.4, 0.5) is 4.79 Å². The average molecular weight is 774 g/mol. The second kappa shape index (κ2) is 19.4. The van der Waals surface area contributed by atoms with Gasteiger partial charge in [-0.15, -0.1) is 11.3 Å². The van der Waals surface area contributed by atoms with Gasteiger partial charge in [0.15, 0.2) is 5.76 Å². The number of nitrogens with one attached hydrogen (secondary N) is 1. The zero-order chi connectivity index (χ0) is 39.6. The normalized spacial score (nSPS) is 17.0. The van der Waals surface area contributed by atoms with Crippen molar-refractivity contribution < 1.29 is 47.7 Å². The van der Waals surface area contributed by atoms with Crippen molar-refractivity contribution >= 4 is 29.2 Å². The number of aromatic nitrogens is 2. The van der Waals surface area contributed by atoms with E-state index >= 15 is 0 Å². The highest BCUT2D eigenvalue weighted by Crippen LogP contribution is 2.35. The van der Waals surface area contributed by atoms with Gasteiger partial charge in [0.25, 0.3) is 5.88 Å². The van der Waals surface area contributed by atoms with Crippen molar-refractivity contribution in [2.75, 3.05) is 60.3 Å². The molecule has 0 bridgehead atoms. The van der Waals surface area contributed by atoms with E-state index in [9.17, 15) is 19.5 Å². The summed E-state index contributed by atoms with van der Waals surface area (Å²) in [5, 5.41) is 17.6. The molecule has 4 atom stereocenters. The summed E-state index contributed by atoms with van der Waals surface area (Å²) in [4.78, 5) is 48.0. The first kappa shape index (κ1) is 42.5. The highest BCUT2D eigenvalue weighted by Gasteiger charge is 2.43. The zero-order valence-electron chi connectivity index (χ0n) is 32.7. The van der Waals surface area contributed by atoms with Gasteiger partial charge in [0.05, 0.1) is 61.8 Å². The van der Waals surface area contributed by atoms with E-state index < -0.39 is 35.8 Å². The fourth-order valence-electron chi connectivity index (χ4n) is 6.04. The molecule has 0 radical (unpaired) electrons. The fourth-order valence-corrected chi connectivity index (χ4v) is 6.85. The highest BCUT2D eigenvalue weighted by atomic mass is 32.1. The summed E-state index contributed by atoms with van der Waals surface area (Å²) in [5.41, 5.74) is 3.92. The first-order valence-corrected chi connectivity index (χ1v) is 19.0. The number of β-amino-alcohol motifs (C(OH)–C–C–N with tert-alkyl or cyclic N) is 1. The van der Waals surface area contributed by atoms with Crippen LogP contribution in [0.5, 0.6) is 11.6 Å². The van der Waals surface area contributed by atoms with Crippen LogP contribution in [-0.2, 0) is 23.8 Å². The van der Waals surface area contributed by atoms with Crippen LogP contribution in [0.1, 0.15) is 76.9 Å². The van der Waals surface area contributed by atoms with Gasteiger partial charge in [0.1, 0.15) is 29.9 Å². The maximum absolute atomic E-state index is 14.0. The third-order valence-corrected chi connectivity index (χ3v) is 9.78. The molecule has 0 spiro atoms. The van der Waals surface area contributed by atoms with Gasteiger partial charge in [0, 0.05) is 38.2 Å². The Bertz CT molecular complexity index is 1690. The number of carbonyl (C=O) groups is 3. The molecule has 3 aromatic rings. The molecule has 1 fully saturated rings. The Morgan fingerprint density at radius 2 is 1.80 bits per heavy atom. The summed E-state index contributed by atoms with van der Waals surface area (Å²) in [6, 6.07) is 6.07. The van der Waals surface area contributed by atoms with Crippen molar-refractivity contribution in [1.82, 2.24) is 25.3 Å². The number of hydrogen-bond acceptors (Lipinski definition) is 13. The molecule has 3 amide bonds. The Kier molecular flexibility index (Phi) is 15.2. The molecule has 15 nitrogen and oxygen atoms in total. The van der Waals surface area contributed by atoms with Crippen LogP contribution in [-0.4, -0.2) is 121 Å². The predicted octanol–water partition coefficient (Wildman–Crippen LogP) is 4.97. The minimum atomic E-state index is -0.882.